The Morgan fingerprint density at radius 3 is 2.88 bits per heavy atom. The summed E-state index contributed by atoms with van der Waals surface area (Å²) in [6, 6.07) is 0. The minimum atomic E-state index is -1.06. The van der Waals surface area contributed by atoms with Crippen LogP contribution >= 0.6 is 0 Å². The van der Waals surface area contributed by atoms with E-state index in [1.165, 1.54) is 0 Å². The fourth-order valence-electron chi connectivity index (χ4n) is 1.65. The van der Waals surface area contributed by atoms with Gasteiger partial charge in [-0.3, -0.25) is 14.3 Å². The number of hydrogen-bond donors (Lipinski definition) is 2. The van der Waals surface area contributed by atoms with Gasteiger partial charge in [-0.25, -0.2) is 4.79 Å². The molecule has 0 bridgehead atoms. The molecular formula is C9H11FN2O4. The molecule has 3 atom stereocenters. The van der Waals surface area contributed by atoms with E-state index >= 15 is 0 Å². The highest BCUT2D eigenvalue weighted by atomic mass is 19.1. The van der Waals surface area contributed by atoms with Crippen molar-refractivity contribution in [1.82, 2.24) is 9.55 Å². The van der Waals surface area contributed by atoms with Crippen LogP contribution in [0.5, 0.6) is 0 Å². The largest absolute Gasteiger partial charge is 0.390 e. The molecule has 0 amide bonds. The molecule has 0 aliphatic carbocycles. The van der Waals surface area contributed by atoms with Crippen molar-refractivity contribution in [2.24, 2.45) is 0 Å². The molecule has 0 saturated carbocycles. The van der Waals surface area contributed by atoms with Gasteiger partial charge in [-0.1, -0.05) is 0 Å². The number of ether oxygens (including phenoxy) is 1. The molecule has 0 unspecified atom stereocenters. The van der Waals surface area contributed by atoms with E-state index in [-0.39, 0.29) is 6.42 Å². The highest BCUT2D eigenvalue weighted by molar-refractivity contribution is 4.90. The fourth-order valence-corrected chi connectivity index (χ4v) is 1.65. The van der Waals surface area contributed by atoms with Crippen molar-refractivity contribution < 1.29 is 14.2 Å². The third kappa shape index (κ3) is 1.79. The van der Waals surface area contributed by atoms with Crippen molar-refractivity contribution in [2.45, 2.75) is 31.8 Å². The Morgan fingerprint density at radius 1 is 1.62 bits per heavy atom. The summed E-state index contributed by atoms with van der Waals surface area (Å²) in [6.07, 6.45) is -0.897. The van der Waals surface area contributed by atoms with E-state index in [2.05, 4.69) is 0 Å². The van der Waals surface area contributed by atoms with Crippen LogP contribution in [-0.4, -0.2) is 26.9 Å². The Balaban J connectivity index is 2.39. The second-order valence-corrected chi connectivity index (χ2v) is 3.74. The predicted molar refractivity (Wildman–Crippen MR) is 51.5 cm³/mol. The van der Waals surface area contributed by atoms with Gasteiger partial charge in [0.25, 0.3) is 5.56 Å². The minimum Gasteiger partial charge on any atom is -0.390 e. The molecule has 2 heterocycles. The molecule has 0 radical (unpaired) electrons. The monoisotopic (exact) mass is 230 g/mol. The molecule has 2 N–H and O–H groups in total. The highest BCUT2D eigenvalue weighted by Gasteiger charge is 2.32. The lowest BCUT2D eigenvalue weighted by Crippen LogP contribution is -2.33. The van der Waals surface area contributed by atoms with E-state index < -0.39 is 35.5 Å². The standard InChI is InChI=1S/C9H11FN2O4/c1-4-6(13)2-7(16-4)12-3-5(10)8(14)11-9(12)15/h3-4,6-7,13H,2H2,1H3,(H,11,14,15)/t4-,6+,7-/m1/s1. The van der Waals surface area contributed by atoms with Gasteiger partial charge in [0, 0.05) is 6.42 Å². The van der Waals surface area contributed by atoms with Crippen LogP contribution in [0.1, 0.15) is 19.6 Å². The van der Waals surface area contributed by atoms with Crippen molar-refractivity contribution in [3.05, 3.63) is 32.9 Å². The SMILES string of the molecule is C[C@H]1O[C@@H](n2cc(F)c(=O)[nH]c2=O)C[C@@H]1O. The van der Waals surface area contributed by atoms with E-state index in [0.717, 1.165) is 10.8 Å². The molecule has 2 rings (SSSR count). The molecule has 7 heteroatoms. The second kappa shape index (κ2) is 3.84. The first-order valence-corrected chi connectivity index (χ1v) is 4.83. The van der Waals surface area contributed by atoms with Gasteiger partial charge in [-0.15, -0.1) is 0 Å². The van der Waals surface area contributed by atoms with E-state index in [4.69, 9.17) is 4.74 Å². The van der Waals surface area contributed by atoms with Crippen LogP contribution < -0.4 is 11.2 Å². The molecule has 1 fully saturated rings. The summed E-state index contributed by atoms with van der Waals surface area (Å²) in [5.74, 6) is -1.06. The normalized spacial score (nSPS) is 29.6. The maximum absolute atomic E-state index is 13.0. The maximum atomic E-state index is 13.0. The van der Waals surface area contributed by atoms with Gasteiger partial charge < -0.3 is 9.84 Å². The number of rotatable bonds is 1. The fraction of sp³-hybridized carbons (Fsp3) is 0.556. The number of halogens is 1. The zero-order valence-corrected chi connectivity index (χ0v) is 8.51. The van der Waals surface area contributed by atoms with Gasteiger partial charge >= 0.3 is 5.69 Å². The lowest BCUT2D eigenvalue weighted by atomic mass is 10.2. The molecule has 1 aromatic heterocycles. The van der Waals surface area contributed by atoms with Crippen molar-refractivity contribution in [3.8, 4) is 0 Å². The summed E-state index contributed by atoms with van der Waals surface area (Å²) in [7, 11) is 0. The smallest absolute Gasteiger partial charge is 0.330 e. The summed E-state index contributed by atoms with van der Waals surface area (Å²) in [5, 5.41) is 9.44. The van der Waals surface area contributed by atoms with E-state index in [1.54, 1.807) is 6.92 Å². The molecule has 0 aromatic carbocycles. The van der Waals surface area contributed by atoms with Gasteiger partial charge in [-0.05, 0) is 6.92 Å². The number of aromatic amines is 1. The summed E-state index contributed by atoms with van der Waals surface area (Å²) < 4.78 is 19.2. The first-order chi connectivity index (χ1) is 7.49. The molecule has 1 aliphatic heterocycles. The lowest BCUT2D eigenvalue weighted by molar-refractivity contribution is -0.0105. The first kappa shape index (κ1) is 11.0. The molecule has 6 nitrogen and oxygen atoms in total. The van der Waals surface area contributed by atoms with Crippen molar-refractivity contribution in [2.75, 3.05) is 0 Å². The number of aromatic nitrogens is 2. The maximum Gasteiger partial charge on any atom is 0.330 e. The summed E-state index contributed by atoms with van der Waals surface area (Å²) in [5.41, 5.74) is -1.81. The Bertz CT molecular complexity index is 499. The highest BCUT2D eigenvalue weighted by Crippen LogP contribution is 2.26. The van der Waals surface area contributed by atoms with E-state index in [9.17, 15) is 19.1 Å². The molecule has 0 spiro atoms. The Kier molecular flexibility index (Phi) is 2.64. The van der Waals surface area contributed by atoms with Crippen LogP contribution in [0.25, 0.3) is 0 Å². The third-order valence-corrected chi connectivity index (χ3v) is 2.59. The topological polar surface area (TPSA) is 84.3 Å². The predicted octanol–water partition coefficient (Wildman–Crippen LogP) is -0.656. The van der Waals surface area contributed by atoms with Crippen molar-refractivity contribution >= 4 is 0 Å². The molecule has 1 aromatic rings. The quantitative estimate of drug-likeness (QED) is 0.671. The van der Waals surface area contributed by atoms with Gasteiger partial charge in [-0.2, -0.15) is 4.39 Å². The number of nitrogens with zero attached hydrogens (tertiary/aromatic N) is 1. The molecule has 88 valence electrons. The lowest BCUT2D eigenvalue weighted by Gasteiger charge is -2.12. The van der Waals surface area contributed by atoms with Crippen molar-refractivity contribution in [1.29, 1.82) is 0 Å². The van der Waals surface area contributed by atoms with Crippen LogP contribution in [0.3, 0.4) is 0 Å². The van der Waals surface area contributed by atoms with Crippen LogP contribution in [0.2, 0.25) is 0 Å². The zero-order valence-electron chi connectivity index (χ0n) is 8.51. The van der Waals surface area contributed by atoms with Gasteiger partial charge in [0.15, 0.2) is 0 Å². The van der Waals surface area contributed by atoms with E-state index in [0.29, 0.717) is 0 Å². The van der Waals surface area contributed by atoms with Gasteiger partial charge in [0.2, 0.25) is 5.82 Å². The third-order valence-electron chi connectivity index (χ3n) is 2.59. The summed E-state index contributed by atoms with van der Waals surface area (Å²) in [4.78, 5) is 24.0. The Hall–Kier alpha value is -1.47. The number of aliphatic hydroxyl groups excluding tert-OH is 1. The van der Waals surface area contributed by atoms with Gasteiger partial charge in [0.05, 0.1) is 18.4 Å². The first-order valence-electron chi connectivity index (χ1n) is 4.83. The number of H-pyrrole nitrogens is 1. The average Bonchev–Trinajstić information content (AvgIpc) is 2.53. The van der Waals surface area contributed by atoms with Crippen LogP contribution in [0.15, 0.2) is 15.8 Å². The van der Waals surface area contributed by atoms with Crippen LogP contribution in [0, 0.1) is 5.82 Å². The molecular weight excluding hydrogens is 219 g/mol. The molecule has 1 saturated heterocycles. The number of hydrogen-bond acceptors (Lipinski definition) is 4. The minimum absolute atomic E-state index is 0.187. The Morgan fingerprint density at radius 2 is 2.31 bits per heavy atom. The number of aliphatic hydroxyl groups is 1. The van der Waals surface area contributed by atoms with Gasteiger partial charge in [0.1, 0.15) is 6.23 Å². The van der Waals surface area contributed by atoms with Crippen LogP contribution in [-0.2, 0) is 4.74 Å². The van der Waals surface area contributed by atoms with Crippen molar-refractivity contribution in [3.63, 3.8) is 0 Å². The Labute approximate surface area is 89.3 Å². The van der Waals surface area contributed by atoms with Crippen LogP contribution in [0.4, 0.5) is 4.39 Å². The summed E-state index contributed by atoms with van der Waals surface area (Å²) in [6.45, 7) is 1.65. The number of nitrogens with one attached hydrogen (secondary N) is 1. The molecule has 1 aliphatic rings. The second-order valence-electron chi connectivity index (χ2n) is 3.74. The van der Waals surface area contributed by atoms with E-state index in [1.807, 2.05) is 4.98 Å². The summed E-state index contributed by atoms with van der Waals surface area (Å²) >= 11 is 0. The molecule has 16 heavy (non-hydrogen) atoms. The zero-order chi connectivity index (χ0) is 11.9. The average molecular weight is 230 g/mol.